The van der Waals surface area contributed by atoms with Gasteiger partial charge >= 0.3 is 11.7 Å². The van der Waals surface area contributed by atoms with E-state index in [0.29, 0.717) is 6.20 Å². The average molecular weight is 250 g/mol. The third-order valence-corrected chi connectivity index (χ3v) is 1.82. The molecule has 1 aromatic rings. The van der Waals surface area contributed by atoms with Gasteiger partial charge < -0.3 is 4.74 Å². The van der Waals surface area contributed by atoms with Gasteiger partial charge in [-0.3, -0.25) is 10.1 Å². The molecule has 1 heterocycles. The molecule has 0 amide bonds. The molecule has 0 aliphatic heterocycles. The number of methoxy groups -OCH3 is 1. The first-order valence-electron chi connectivity index (χ1n) is 4.09. The summed E-state index contributed by atoms with van der Waals surface area (Å²) in [6.07, 6.45) is -2.93. The maximum absolute atomic E-state index is 13.5. The summed E-state index contributed by atoms with van der Waals surface area (Å²) in [5.41, 5.74) is -3.59. The fourth-order valence-electron chi connectivity index (χ4n) is 1.08. The lowest BCUT2D eigenvalue weighted by Crippen LogP contribution is -2.13. The van der Waals surface area contributed by atoms with E-state index in [2.05, 4.69) is 9.72 Å². The first-order chi connectivity index (χ1) is 7.90. The van der Waals surface area contributed by atoms with Crippen LogP contribution in [0.2, 0.25) is 0 Å². The Labute approximate surface area is 92.2 Å². The van der Waals surface area contributed by atoms with Crippen LogP contribution in [0.1, 0.15) is 22.5 Å². The average Bonchev–Trinajstić information content (AvgIpc) is 2.26. The van der Waals surface area contributed by atoms with E-state index in [-0.39, 0.29) is 0 Å². The molecule has 6 nitrogen and oxygen atoms in total. The highest BCUT2D eigenvalue weighted by atomic mass is 19.3. The van der Waals surface area contributed by atoms with Crippen molar-refractivity contribution in [1.29, 1.82) is 0 Å². The van der Waals surface area contributed by atoms with Crippen molar-refractivity contribution in [2.45, 2.75) is 6.43 Å². The minimum absolute atomic E-state index is 0.323. The molecule has 0 bridgehead atoms. The van der Waals surface area contributed by atoms with Crippen molar-refractivity contribution < 1.29 is 27.6 Å². The first kappa shape index (κ1) is 12.9. The van der Waals surface area contributed by atoms with Gasteiger partial charge in [0.2, 0.25) is 5.82 Å². The topological polar surface area (TPSA) is 82.3 Å². The fourth-order valence-corrected chi connectivity index (χ4v) is 1.08. The van der Waals surface area contributed by atoms with Crippen LogP contribution in [-0.4, -0.2) is 23.0 Å². The molecule has 0 spiro atoms. The van der Waals surface area contributed by atoms with E-state index in [0.717, 1.165) is 7.11 Å². The van der Waals surface area contributed by atoms with E-state index in [1.165, 1.54) is 0 Å². The number of carbonyl (C=O) groups is 1. The molecule has 1 rings (SSSR count). The molecule has 9 heteroatoms. The van der Waals surface area contributed by atoms with Crippen LogP contribution in [0.25, 0.3) is 0 Å². The van der Waals surface area contributed by atoms with Gasteiger partial charge in [0, 0.05) is 0 Å². The maximum Gasteiger partial charge on any atom is 0.343 e. The van der Waals surface area contributed by atoms with Crippen LogP contribution >= 0.6 is 0 Å². The lowest BCUT2D eigenvalue weighted by Gasteiger charge is -2.06. The van der Waals surface area contributed by atoms with Crippen LogP contribution in [0, 0.1) is 15.9 Å². The number of aromatic nitrogens is 1. The van der Waals surface area contributed by atoms with E-state index >= 15 is 0 Å². The van der Waals surface area contributed by atoms with Crippen molar-refractivity contribution in [3.05, 3.63) is 33.4 Å². The predicted molar refractivity (Wildman–Crippen MR) is 47.1 cm³/mol. The van der Waals surface area contributed by atoms with Crippen molar-refractivity contribution in [1.82, 2.24) is 4.98 Å². The lowest BCUT2D eigenvalue weighted by atomic mass is 10.1. The molecule has 0 aliphatic rings. The summed E-state index contributed by atoms with van der Waals surface area (Å²) in [5.74, 6) is -3.14. The van der Waals surface area contributed by atoms with Gasteiger partial charge in [-0.05, 0) is 0 Å². The lowest BCUT2D eigenvalue weighted by molar-refractivity contribution is -0.387. The van der Waals surface area contributed by atoms with E-state index in [1.807, 2.05) is 0 Å². The summed E-state index contributed by atoms with van der Waals surface area (Å²) in [7, 11) is 0.829. The van der Waals surface area contributed by atoms with Gasteiger partial charge in [-0.15, -0.1) is 0 Å². The minimum atomic E-state index is -3.25. The number of ether oxygens (including phenoxy) is 1. The zero-order chi connectivity index (χ0) is 13.2. The molecule has 0 fully saturated rings. The van der Waals surface area contributed by atoms with Crippen molar-refractivity contribution >= 4 is 11.7 Å². The van der Waals surface area contributed by atoms with Crippen LogP contribution in [0.4, 0.5) is 18.9 Å². The van der Waals surface area contributed by atoms with Gasteiger partial charge in [-0.2, -0.15) is 4.39 Å². The number of hydrogen-bond donors (Lipinski definition) is 0. The second-order valence-electron chi connectivity index (χ2n) is 2.77. The molecule has 0 aromatic carbocycles. The Morgan fingerprint density at radius 2 is 2.18 bits per heavy atom. The molecule has 0 N–H and O–H groups in total. The summed E-state index contributed by atoms with van der Waals surface area (Å²) in [6, 6.07) is 0. The third-order valence-electron chi connectivity index (χ3n) is 1.82. The van der Waals surface area contributed by atoms with Gasteiger partial charge in [0.25, 0.3) is 6.43 Å². The van der Waals surface area contributed by atoms with Crippen LogP contribution in [-0.2, 0) is 4.74 Å². The Bertz CT molecular complexity index is 478. The molecule has 0 atom stereocenters. The van der Waals surface area contributed by atoms with Crippen LogP contribution < -0.4 is 0 Å². The number of halogens is 3. The van der Waals surface area contributed by atoms with E-state index in [9.17, 15) is 28.1 Å². The third kappa shape index (κ3) is 2.32. The molecule has 17 heavy (non-hydrogen) atoms. The Kier molecular flexibility index (Phi) is 3.61. The zero-order valence-corrected chi connectivity index (χ0v) is 8.32. The number of rotatable bonds is 3. The Morgan fingerprint density at radius 3 is 2.59 bits per heavy atom. The van der Waals surface area contributed by atoms with E-state index in [1.54, 1.807) is 0 Å². The summed E-state index contributed by atoms with van der Waals surface area (Å²) >= 11 is 0. The normalized spacial score (nSPS) is 10.4. The molecule has 1 aromatic heterocycles. The van der Waals surface area contributed by atoms with Gasteiger partial charge in [0.05, 0.1) is 12.0 Å². The van der Waals surface area contributed by atoms with Crippen molar-refractivity contribution in [3.8, 4) is 0 Å². The van der Waals surface area contributed by atoms with Gasteiger partial charge in [-0.25, -0.2) is 18.6 Å². The minimum Gasteiger partial charge on any atom is -0.465 e. The van der Waals surface area contributed by atoms with Gasteiger partial charge in [0.1, 0.15) is 17.5 Å². The van der Waals surface area contributed by atoms with Crippen LogP contribution in [0.3, 0.4) is 0 Å². The van der Waals surface area contributed by atoms with E-state index < -0.39 is 40.1 Å². The van der Waals surface area contributed by atoms with Crippen LogP contribution in [0.5, 0.6) is 0 Å². The Hall–Kier alpha value is -2.19. The van der Waals surface area contributed by atoms with Crippen LogP contribution in [0.15, 0.2) is 6.20 Å². The maximum atomic E-state index is 13.5. The second kappa shape index (κ2) is 4.76. The zero-order valence-electron chi connectivity index (χ0n) is 8.32. The number of nitro groups is 1. The monoisotopic (exact) mass is 250 g/mol. The molecule has 0 unspecified atom stereocenters. The molecule has 0 aliphatic carbocycles. The number of nitrogens with zero attached hydrogens (tertiary/aromatic N) is 2. The molecular weight excluding hydrogens is 245 g/mol. The molecule has 0 radical (unpaired) electrons. The summed E-state index contributed by atoms with van der Waals surface area (Å²) in [4.78, 5) is 23.2. The highest BCUT2D eigenvalue weighted by molar-refractivity contribution is 5.91. The SMILES string of the molecule is COC(=O)c1c(C(F)F)ncc([N+](=O)[O-])c1F. The number of esters is 1. The highest BCUT2D eigenvalue weighted by Gasteiger charge is 2.31. The Balaban J connectivity index is 3.53. The summed E-state index contributed by atoms with van der Waals surface area (Å²) < 4.78 is 42.4. The number of alkyl halides is 2. The molecule has 92 valence electrons. The second-order valence-corrected chi connectivity index (χ2v) is 2.77. The Morgan fingerprint density at radius 1 is 1.59 bits per heavy atom. The number of hydrogen-bond acceptors (Lipinski definition) is 5. The van der Waals surface area contributed by atoms with E-state index in [4.69, 9.17) is 0 Å². The quantitative estimate of drug-likeness (QED) is 0.464. The number of pyridine rings is 1. The summed E-state index contributed by atoms with van der Waals surface area (Å²) in [6.45, 7) is 0. The fraction of sp³-hybridized carbons (Fsp3) is 0.250. The molecule has 0 saturated heterocycles. The van der Waals surface area contributed by atoms with Crippen molar-refractivity contribution in [3.63, 3.8) is 0 Å². The summed E-state index contributed by atoms with van der Waals surface area (Å²) in [5, 5.41) is 10.4. The van der Waals surface area contributed by atoms with Crippen molar-refractivity contribution in [2.24, 2.45) is 0 Å². The highest BCUT2D eigenvalue weighted by Crippen LogP contribution is 2.28. The largest absolute Gasteiger partial charge is 0.465 e. The smallest absolute Gasteiger partial charge is 0.343 e. The molecular formula is C8H5F3N2O4. The standard InChI is InChI=1S/C8H5F3N2O4/c1-17-8(14)4-5(9)3(13(15)16)2-12-6(4)7(10)11/h2,7H,1H3. The van der Waals surface area contributed by atoms with Crippen molar-refractivity contribution in [2.75, 3.05) is 7.11 Å². The van der Waals surface area contributed by atoms with Gasteiger partial charge in [0.15, 0.2) is 0 Å². The number of carbonyl (C=O) groups excluding carboxylic acids is 1. The predicted octanol–water partition coefficient (Wildman–Crippen LogP) is 1.85. The molecule has 0 saturated carbocycles. The first-order valence-corrected chi connectivity index (χ1v) is 4.09. The van der Waals surface area contributed by atoms with Gasteiger partial charge in [-0.1, -0.05) is 0 Å².